The van der Waals surface area contributed by atoms with Crippen LogP contribution in [-0.2, 0) is 6.61 Å². The number of rotatable bonds is 5. The topological polar surface area (TPSA) is 71.9 Å². The molecule has 30 heavy (non-hydrogen) atoms. The highest BCUT2D eigenvalue weighted by Gasteiger charge is 2.19. The van der Waals surface area contributed by atoms with Crippen molar-refractivity contribution in [3.05, 3.63) is 102 Å². The molecule has 1 heterocycles. The summed E-state index contributed by atoms with van der Waals surface area (Å²) in [6.45, 7) is 2.42. The highest BCUT2D eigenvalue weighted by atomic mass is 16.5. The van der Waals surface area contributed by atoms with Crippen LogP contribution in [0.3, 0.4) is 0 Å². The van der Waals surface area contributed by atoms with Gasteiger partial charge in [-0.25, -0.2) is 4.98 Å². The van der Waals surface area contributed by atoms with Gasteiger partial charge in [-0.15, -0.1) is 0 Å². The van der Waals surface area contributed by atoms with E-state index in [4.69, 9.17) is 10.5 Å². The lowest BCUT2D eigenvalue weighted by atomic mass is 9.90. The number of hydrogen-bond acceptors (Lipinski definition) is 4. The molecule has 146 valence electrons. The van der Waals surface area contributed by atoms with Gasteiger partial charge in [-0.3, -0.25) is 0 Å². The van der Waals surface area contributed by atoms with Gasteiger partial charge in [0.1, 0.15) is 29.8 Å². The van der Waals surface area contributed by atoms with Crippen LogP contribution in [0.25, 0.3) is 22.3 Å². The van der Waals surface area contributed by atoms with Gasteiger partial charge in [-0.05, 0) is 35.7 Å². The zero-order valence-electron chi connectivity index (χ0n) is 16.7. The molecule has 0 spiro atoms. The molecule has 4 heteroatoms. The molecule has 4 aromatic rings. The lowest BCUT2D eigenvalue weighted by Gasteiger charge is -2.16. The number of aryl methyl sites for hydroxylation is 1. The second kappa shape index (κ2) is 8.50. The Morgan fingerprint density at radius 3 is 2.07 bits per heavy atom. The molecule has 0 unspecified atom stereocenters. The van der Waals surface area contributed by atoms with E-state index in [1.807, 2.05) is 91.9 Å². The molecule has 0 saturated heterocycles. The van der Waals surface area contributed by atoms with Crippen molar-refractivity contribution in [3.63, 3.8) is 0 Å². The van der Waals surface area contributed by atoms with Gasteiger partial charge >= 0.3 is 0 Å². The molecule has 2 N–H and O–H groups in total. The lowest BCUT2D eigenvalue weighted by molar-refractivity contribution is 0.306. The van der Waals surface area contributed by atoms with E-state index in [-0.39, 0.29) is 5.82 Å². The number of aromatic nitrogens is 1. The maximum absolute atomic E-state index is 9.79. The standard InChI is InChI=1S/C26H21N3O/c1-18-24(20-10-6-3-7-11-20)25(23(16-27)26(28)29-18)21-12-14-22(15-13-21)30-17-19-8-4-2-5-9-19/h2-15H,17H2,1H3,(H2,28,29). The number of ether oxygens (including phenoxy) is 1. The molecule has 4 nitrogen and oxygen atoms in total. The summed E-state index contributed by atoms with van der Waals surface area (Å²) in [7, 11) is 0. The number of hydrogen-bond donors (Lipinski definition) is 1. The quantitative estimate of drug-likeness (QED) is 0.470. The van der Waals surface area contributed by atoms with Crippen LogP contribution in [0.1, 0.15) is 16.8 Å². The van der Waals surface area contributed by atoms with E-state index in [9.17, 15) is 5.26 Å². The lowest BCUT2D eigenvalue weighted by Crippen LogP contribution is -2.03. The molecule has 0 saturated carbocycles. The summed E-state index contributed by atoms with van der Waals surface area (Å²) in [5.41, 5.74) is 12.0. The number of nitrogens with two attached hydrogens (primary N) is 1. The second-order valence-corrected chi connectivity index (χ2v) is 6.98. The van der Waals surface area contributed by atoms with Gasteiger partial charge in [-0.2, -0.15) is 5.26 Å². The first-order chi connectivity index (χ1) is 14.7. The minimum atomic E-state index is 0.245. The summed E-state index contributed by atoms with van der Waals surface area (Å²) in [5.74, 6) is 1.01. The van der Waals surface area contributed by atoms with Crippen LogP contribution in [0, 0.1) is 18.3 Å². The van der Waals surface area contributed by atoms with Crippen molar-refractivity contribution in [2.24, 2.45) is 0 Å². The van der Waals surface area contributed by atoms with Crippen LogP contribution in [0.2, 0.25) is 0 Å². The van der Waals surface area contributed by atoms with Crippen LogP contribution in [0.15, 0.2) is 84.9 Å². The highest BCUT2D eigenvalue weighted by molar-refractivity contribution is 5.91. The summed E-state index contributed by atoms with van der Waals surface area (Å²) in [4.78, 5) is 4.42. The van der Waals surface area contributed by atoms with E-state index >= 15 is 0 Å². The van der Waals surface area contributed by atoms with Gasteiger partial charge in [0.05, 0.1) is 0 Å². The first kappa shape index (κ1) is 19.2. The van der Waals surface area contributed by atoms with Gasteiger partial charge in [0, 0.05) is 16.8 Å². The first-order valence-electron chi connectivity index (χ1n) is 9.70. The summed E-state index contributed by atoms with van der Waals surface area (Å²) < 4.78 is 5.90. The Labute approximate surface area is 176 Å². The van der Waals surface area contributed by atoms with Gasteiger partial charge in [0.25, 0.3) is 0 Å². The number of nitriles is 1. The molecule has 4 rings (SSSR count). The van der Waals surface area contributed by atoms with Crippen LogP contribution in [0.5, 0.6) is 5.75 Å². The van der Waals surface area contributed by atoms with Crippen molar-refractivity contribution < 1.29 is 4.74 Å². The Balaban J connectivity index is 1.74. The molecule has 0 aliphatic rings. The SMILES string of the molecule is Cc1nc(N)c(C#N)c(-c2ccc(OCc3ccccc3)cc2)c1-c1ccccc1. The van der Waals surface area contributed by atoms with Crippen LogP contribution in [-0.4, -0.2) is 4.98 Å². The van der Waals surface area contributed by atoms with E-state index in [0.717, 1.165) is 39.3 Å². The largest absolute Gasteiger partial charge is 0.489 e. The van der Waals surface area contributed by atoms with Crippen LogP contribution in [0.4, 0.5) is 5.82 Å². The van der Waals surface area contributed by atoms with Gasteiger partial charge in [0.2, 0.25) is 0 Å². The number of nitrogens with zero attached hydrogens (tertiary/aromatic N) is 2. The van der Waals surface area contributed by atoms with Crippen molar-refractivity contribution >= 4 is 5.82 Å². The van der Waals surface area contributed by atoms with Crippen molar-refractivity contribution in [3.8, 4) is 34.1 Å². The predicted octanol–water partition coefficient (Wildman–Crippen LogP) is 5.76. The zero-order valence-corrected chi connectivity index (χ0v) is 16.7. The smallest absolute Gasteiger partial charge is 0.142 e. The molecule has 0 amide bonds. The third-order valence-corrected chi connectivity index (χ3v) is 4.97. The second-order valence-electron chi connectivity index (χ2n) is 6.98. The maximum Gasteiger partial charge on any atom is 0.142 e. The normalized spacial score (nSPS) is 10.4. The molecule has 0 aliphatic carbocycles. The molecule has 0 radical (unpaired) electrons. The fourth-order valence-electron chi connectivity index (χ4n) is 3.55. The summed E-state index contributed by atoms with van der Waals surface area (Å²) >= 11 is 0. The number of nitrogen functional groups attached to an aromatic ring is 1. The molecule has 0 bridgehead atoms. The average molecular weight is 391 g/mol. The molecule has 3 aromatic carbocycles. The third-order valence-electron chi connectivity index (χ3n) is 4.97. The van der Waals surface area contributed by atoms with E-state index in [0.29, 0.717) is 12.2 Å². The fraction of sp³-hybridized carbons (Fsp3) is 0.0769. The Morgan fingerprint density at radius 1 is 0.833 bits per heavy atom. The molecule has 1 aromatic heterocycles. The van der Waals surface area contributed by atoms with E-state index < -0.39 is 0 Å². The number of benzene rings is 3. The van der Waals surface area contributed by atoms with E-state index in [1.165, 1.54) is 0 Å². The minimum absolute atomic E-state index is 0.245. The Bertz CT molecular complexity index is 1200. The molecule has 0 fully saturated rings. The molecular formula is C26H21N3O. The maximum atomic E-state index is 9.79. The number of pyridine rings is 1. The van der Waals surface area contributed by atoms with Crippen molar-refractivity contribution in [2.75, 3.05) is 5.73 Å². The monoisotopic (exact) mass is 391 g/mol. The summed E-state index contributed by atoms with van der Waals surface area (Å²) in [5, 5.41) is 9.79. The molecular weight excluding hydrogens is 370 g/mol. The van der Waals surface area contributed by atoms with Gasteiger partial charge < -0.3 is 10.5 Å². The first-order valence-corrected chi connectivity index (χ1v) is 9.70. The van der Waals surface area contributed by atoms with Gasteiger partial charge in [0.15, 0.2) is 0 Å². The average Bonchev–Trinajstić information content (AvgIpc) is 2.79. The van der Waals surface area contributed by atoms with Crippen molar-refractivity contribution in [1.82, 2.24) is 4.98 Å². The van der Waals surface area contributed by atoms with E-state index in [1.54, 1.807) is 0 Å². The van der Waals surface area contributed by atoms with E-state index in [2.05, 4.69) is 11.1 Å². The molecule has 0 atom stereocenters. The van der Waals surface area contributed by atoms with Crippen molar-refractivity contribution in [1.29, 1.82) is 5.26 Å². The predicted molar refractivity (Wildman–Crippen MR) is 120 cm³/mol. The Morgan fingerprint density at radius 2 is 1.43 bits per heavy atom. The Kier molecular flexibility index (Phi) is 5.45. The third kappa shape index (κ3) is 3.87. The van der Waals surface area contributed by atoms with Gasteiger partial charge in [-0.1, -0.05) is 72.8 Å². The summed E-state index contributed by atoms with van der Waals surface area (Å²) in [6.07, 6.45) is 0. The van der Waals surface area contributed by atoms with Crippen molar-refractivity contribution in [2.45, 2.75) is 13.5 Å². The molecule has 0 aliphatic heterocycles. The highest BCUT2D eigenvalue weighted by Crippen LogP contribution is 2.39. The minimum Gasteiger partial charge on any atom is -0.489 e. The number of anilines is 1. The zero-order chi connectivity index (χ0) is 20.9. The fourth-order valence-corrected chi connectivity index (χ4v) is 3.55. The van der Waals surface area contributed by atoms with Crippen LogP contribution < -0.4 is 10.5 Å². The summed E-state index contributed by atoms with van der Waals surface area (Å²) in [6, 6.07) is 30.0. The van der Waals surface area contributed by atoms with Crippen LogP contribution >= 0.6 is 0 Å². The Hall–Kier alpha value is -4.10.